The van der Waals surface area contributed by atoms with Gasteiger partial charge >= 0.3 is 0 Å². The summed E-state index contributed by atoms with van der Waals surface area (Å²) >= 11 is 0. The number of aryl methyl sites for hydroxylation is 1. The summed E-state index contributed by atoms with van der Waals surface area (Å²) in [5, 5.41) is 2.95. The van der Waals surface area contributed by atoms with E-state index >= 15 is 0 Å². The van der Waals surface area contributed by atoms with Crippen LogP contribution in [-0.2, 0) is 16.6 Å². The van der Waals surface area contributed by atoms with Crippen LogP contribution in [0.4, 0.5) is 0 Å². The Hall–Kier alpha value is -0.850. The first kappa shape index (κ1) is 18.2. The Morgan fingerprint density at radius 1 is 1.24 bits per heavy atom. The van der Waals surface area contributed by atoms with Crippen LogP contribution in [0.25, 0.3) is 0 Å². The molecule has 0 amide bonds. The molecule has 122 valence electrons. The summed E-state index contributed by atoms with van der Waals surface area (Å²) in [5.74, 6) is 1.71. The van der Waals surface area contributed by atoms with Gasteiger partial charge in [-0.05, 0) is 33.2 Å². The van der Waals surface area contributed by atoms with Gasteiger partial charge in [0.1, 0.15) is 16.4 Å². The number of rotatable bonds is 9. The quantitative estimate of drug-likeness (QED) is 0.735. The Morgan fingerprint density at radius 2 is 1.90 bits per heavy atom. The Kier molecular flexibility index (Phi) is 6.90. The van der Waals surface area contributed by atoms with Crippen molar-refractivity contribution in [1.29, 1.82) is 0 Å². The van der Waals surface area contributed by atoms with Crippen LogP contribution in [-0.4, -0.2) is 21.5 Å². The third kappa shape index (κ3) is 5.80. The fourth-order valence-corrected chi connectivity index (χ4v) is 3.75. The van der Waals surface area contributed by atoms with Crippen molar-refractivity contribution in [3.8, 4) is 0 Å². The van der Waals surface area contributed by atoms with Crippen LogP contribution in [0.2, 0.25) is 0 Å². The normalized spacial score (nSPS) is 13.8. The predicted octanol–water partition coefficient (Wildman–Crippen LogP) is 2.80. The lowest BCUT2D eigenvalue weighted by Crippen LogP contribution is -2.32. The largest absolute Gasteiger partial charge is 0.464 e. The van der Waals surface area contributed by atoms with Crippen LogP contribution in [0.5, 0.6) is 0 Å². The van der Waals surface area contributed by atoms with Crippen molar-refractivity contribution >= 4 is 10.0 Å². The van der Waals surface area contributed by atoms with E-state index in [1.807, 2.05) is 6.92 Å². The molecule has 0 aromatic carbocycles. The van der Waals surface area contributed by atoms with Crippen LogP contribution in [0.15, 0.2) is 15.4 Å². The number of nitrogens with one attached hydrogen (secondary N) is 2. The molecule has 1 heterocycles. The maximum absolute atomic E-state index is 12.4. The van der Waals surface area contributed by atoms with E-state index in [-0.39, 0.29) is 10.9 Å². The average Bonchev–Trinajstić information content (AvgIpc) is 2.70. The molecule has 6 heteroatoms. The highest BCUT2D eigenvalue weighted by Crippen LogP contribution is 2.20. The van der Waals surface area contributed by atoms with Gasteiger partial charge in [0.25, 0.3) is 0 Å². The fourth-order valence-electron chi connectivity index (χ4n) is 2.27. The number of sulfonamides is 1. The van der Waals surface area contributed by atoms with Crippen molar-refractivity contribution in [3.63, 3.8) is 0 Å². The maximum atomic E-state index is 12.4. The highest BCUT2D eigenvalue weighted by atomic mass is 32.2. The molecule has 1 aromatic rings. The molecule has 0 saturated carbocycles. The molecule has 0 aliphatic rings. The molecule has 0 saturated heterocycles. The zero-order valence-electron chi connectivity index (χ0n) is 13.7. The minimum Gasteiger partial charge on any atom is -0.464 e. The van der Waals surface area contributed by atoms with Crippen LogP contribution >= 0.6 is 0 Å². The molecule has 1 unspecified atom stereocenters. The van der Waals surface area contributed by atoms with Gasteiger partial charge in [-0.1, -0.05) is 26.7 Å². The van der Waals surface area contributed by atoms with E-state index < -0.39 is 10.0 Å². The van der Waals surface area contributed by atoms with Crippen molar-refractivity contribution in [1.82, 2.24) is 10.0 Å². The van der Waals surface area contributed by atoms with Gasteiger partial charge in [-0.15, -0.1) is 0 Å². The standard InChI is InChI=1S/C15H28N2O3S/c1-11(2)7-6-8-12(3)17-21(18,19)15-9-14(10-16-5)20-13(15)4/h9,11-12,16-17H,6-8,10H2,1-5H3. The van der Waals surface area contributed by atoms with Gasteiger partial charge in [-0.2, -0.15) is 0 Å². The van der Waals surface area contributed by atoms with Crippen molar-refractivity contribution in [2.75, 3.05) is 7.05 Å². The van der Waals surface area contributed by atoms with Crippen LogP contribution in [0, 0.1) is 12.8 Å². The fraction of sp³-hybridized carbons (Fsp3) is 0.733. The second kappa shape index (κ2) is 7.96. The van der Waals surface area contributed by atoms with Gasteiger partial charge < -0.3 is 9.73 Å². The summed E-state index contributed by atoms with van der Waals surface area (Å²) in [6, 6.07) is 1.52. The van der Waals surface area contributed by atoms with E-state index in [2.05, 4.69) is 23.9 Å². The van der Waals surface area contributed by atoms with E-state index in [1.54, 1.807) is 20.0 Å². The lowest BCUT2D eigenvalue weighted by atomic mass is 10.0. The average molecular weight is 316 g/mol. The minimum atomic E-state index is -3.51. The van der Waals surface area contributed by atoms with Crippen LogP contribution in [0.3, 0.4) is 0 Å². The molecule has 0 bridgehead atoms. The molecule has 5 nitrogen and oxygen atoms in total. The lowest BCUT2D eigenvalue weighted by Gasteiger charge is -2.14. The van der Waals surface area contributed by atoms with Crippen molar-refractivity contribution < 1.29 is 12.8 Å². The smallest absolute Gasteiger partial charge is 0.244 e. The van der Waals surface area contributed by atoms with Crippen LogP contribution < -0.4 is 10.0 Å². The summed E-state index contributed by atoms with van der Waals surface area (Å²) in [5.41, 5.74) is 0. The number of hydrogen-bond donors (Lipinski definition) is 2. The topological polar surface area (TPSA) is 71.3 Å². The SMILES string of the molecule is CNCc1cc(S(=O)(=O)NC(C)CCCC(C)C)c(C)o1. The maximum Gasteiger partial charge on any atom is 0.244 e. The molecular formula is C15H28N2O3S. The van der Waals surface area contributed by atoms with Crippen molar-refractivity contribution in [3.05, 3.63) is 17.6 Å². The molecule has 1 rings (SSSR count). The highest BCUT2D eigenvalue weighted by molar-refractivity contribution is 7.89. The minimum absolute atomic E-state index is 0.0733. The Balaban J connectivity index is 2.68. The van der Waals surface area contributed by atoms with Crippen molar-refractivity contribution in [2.45, 2.75) is 64.4 Å². The van der Waals surface area contributed by atoms with E-state index in [0.717, 1.165) is 19.3 Å². The van der Waals surface area contributed by atoms with Gasteiger partial charge in [0.15, 0.2) is 0 Å². The van der Waals surface area contributed by atoms with Gasteiger partial charge in [0.05, 0.1) is 6.54 Å². The molecule has 0 radical (unpaired) electrons. The molecule has 1 aromatic heterocycles. The van der Waals surface area contributed by atoms with Gasteiger partial charge in [-0.3, -0.25) is 0 Å². The van der Waals surface area contributed by atoms with E-state index in [9.17, 15) is 8.42 Å². The first-order valence-corrected chi connectivity index (χ1v) is 9.00. The van der Waals surface area contributed by atoms with Crippen molar-refractivity contribution in [2.24, 2.45) is 5.92 Å². The molecule has 0 aliphatic carbocycles. The van der Waals surface area contributed by atoms with Crippen LogP contribution in [0.1, 0.15) is 51.6 Å². The van der Waals surface area contributed by atoms with E-state index in [0.29, 0.717) is 24.0 Å². The second-order valence-corrected chi connectivity index (χ2v) is 7.69. The summed E-state index contributed by atoms with van der Waals surface area (Å²) < 4.78 is 33.0. The Morgan fingerprint density at radius 3 is 2.48 bits per heavy atom. The summed E-state index contributed by atoms with van der Waals surface area (Å²) in [6.45, 7) is 8.44. The monoisotopic (exact) mass is 316 g/mol. The van der Waals surface area contributed by atoms with Gasteiger partial charge in [0, 0.05) is 12.1 Å². The first-order valence-electron chi connectivity index (χ1n) is 7.52. The van der Waals surface area contributed by atoms with E-state index in [4.69, 9.17) is 4.42 Å². The molecule has 0 spiro atoms. The second-order valence-electron chi connectivity index (χ2n) is 6.01. The number of furan rings is 1. The molecular weight excluding hydrogens is 288 g/mol. The summed E-state index contributed by atoms with van der Waals surface area (Å²) in [7, 11) is -1.72. The first-order chi connectivity index (χ1) is 9.76. The zero-order chi connectivity index (χ0) is 16.0. The Bertz CT molecular complexity index is 535. The summed E-state index contributed by atoms with van der Waals surface area (Å²) in [6.07, 6.45) is 2.98. The predicted molar refractivity (Wildman–Crippen MR) is 84.7 cm³/mol. The molecule has 0 fully saturated rings. The summed E-state index contributed by atoms with van der Waals surface area (Å²) in [4.78, 5) is 0.239. The molecule has 0 aliphatic heterocycles. The van der Waals surface area contributed by atoms with Gasteiger partial charge in [0.2, 0.25) is 10.0 Å². The molecule has 21 heavy (non-hydrogen) atoms. The Labute approximate surface area is 128 Å². The third-order valence-electron chi connectivity index (χ3n) is 3.34. The third-order valence-corrected chi connectivity index (χ3v) is 5.04. The molecule has 1 atom stereocenters. The van der Waals surface area contributed by atoms with Gasteiger partial charge in [-0.25, -0.2) is 13.1 Å². The van der Waals surface area contributed by atoms with E-state index in [1.165, 1.54) is 0 Å². The lowest BCUT2D eigenvalue weighted by molar-refractivity contribution is 0.464. The zero-order valence-corrected chi connectivity index (χ0v) is 14.5. The highest BCUT2D eigenvalue weighted by Gasteiger charge is 2.23. The molecule has 2 N–H and O–H groups in total. The number of hydrogen-bond acceptors (Lipinski definition) is 4.